The number of Topliss-reactive ketones (excluding diaryl/α,β-unsaturated/α-hetero) is 1. The highest BCUT2D eigenvalue weighted by atomic mass is 16.6. The maximum Gasteiger partial charge on any atom is 0.269 e. The summed E-state index contributed by atoms with van der Waals surface area (Å²) in [5, 5.41) is 11.3. The number of likely N-dealkylation sites (tertiary alicyclic amines) is 1. The molecule has 0 saturated carbocycles. The minimum Gasteiger partial charge on any atom is -0.302 e. The molecule has 0 atom stereocenters. The summed E-state index contributed by atoms with van der Waals surface area (Å²) in [6, 6.07) is 25.0. The van der Waals surface area contributed by atoms with Crippen molar-refractivity contribution < 1.29 is 14.5 Å². The van der Waals surface area contributed by atoms with E-state index in [9.17, 15) is 19.7 Å². The molecular formula is C35H35N5O4. The van der Waals surface area contributed by atoms with Crippen LogP contribution in [-0.4, -0.2) is 57.7 Å². The van der Waals surface area contributed by atoms with Gasteiger partial charge in [0.2, 0.25) is 0 Å². The van der Waals surface area contributed by atoms with Crippen molar-refractivity contribution in [3.8, 4) is 11.4 Å². The van der Waals surface area contributed by atoms with Crippen molar-refractivity contribution in [3.63, 3.8) is 0 Å². The zero-order valence-electron chi connectivity index (χ0n) is 24.6. The summed E-state index contributed by atoms with van der Waals surface area (Å²) in [5.74, 6) is 1.14. The van der Waals surface area contributed by atoms with E-state index in [2.05, 4.69) is 4.90 Å². The lowest BCUT2D eigenvalue weighted by molar-refractivity contribution is -0.384. The number of nitro benzene ring substituents is 1. The van der Waals surface area contributed by atoms with E-state index in [1.165, 1.54) is 24.3 Å². The Labute approximate surface area is 256 Å². The van der Waals surface area contributed by atoms with Gasteiger partial charge in [0.25, 0.3) is 11.6 Å². The van der Waals surface area contributed by atoms with Gasteiger partial charge >= 0.3 is 0 Å². The fourth-order valence-electron chi connectivity index (χ4n) is 6.20. The summed E-state index contributed by atoms with van der Waals surface area (Å²) in [7, 11) is 0. The van der Waals surface area contributed by atoms with Crippen LogP contribution in [0.15, 0.2) is 84.9 Å². The van der Waals surface area contributed by atoms with Crippen molar-refractivity contribution in [1.29, 1.82) is 0 Å². The van der Waals surface area contributed by atoms with E-state index in [4.69, 9.17) is 9.97 Å². The average molecular weight is 590 g/mol. The van der Waals surface area contributed by atoms with Gasteiger partial charge in [0, 0.05) is 59.1 Å². The molecule has 4 aromatic rings. The summed E-state index contributed by atoms with van der Waals surface area (Å²) in [4.78, 5) is 51.9. The zero-order chi connectivity index (χ0) is 30.5. The number of anilines is 1. The third-order valence-corrected chi connectivity index (χ3v) is 8.68. The Kier molecular flexibility index (Phi) is 8.84. The molecule has 2 aliphatic rings. The first kappa shape index (κ1) is 29.3. The molecule has 0 spiro atoms. The summed E-state index contributed by atoms with van der Waals surface area (Å²) < 4.78 is 0. The smallest absolute Gasteiger partial charge is 0.269 e. The van der Waals surface area contributed by atoms with Crippen LogP contribution in [0.3, 0.4) is 0 Å². The number of fused-ring (bicyclic) bond motifs is 1. The van der Waals surface area contributed by atoms with E-state index in [1.54, 1.807) is 4.90 Å². The minimum absolute atomic E-state index is 0.00573. The number of non-ortho nitro benzene ring substituents is 1. The number of rotatable bonds is 9. The van der Waals surface area contributed by atoms with Crippen molar-refractivity contribution in [2.75, 3.05) is 31.1 Å². The summed E-state index contributed by atoms with van der Waals surface area (Å²) in [5.41, 5.74) is 3.92. The van der Waals surface area contributed by atoms with Crippen LogP contribution in [0, 0.1) is 16.0 Å². The number of nitrogens with zero attached hydrogens (tertiary/aromatic N) is 5. The summed E-state index contributed by atoms with van der Waals surface area (Å²) in [6.45, 7) is 2.54. The van der Waals surface area contributed by atoms with Crippen molar-refractivity contribution in [2.45, 2.75) is 38.5 Å². The lowest BCUT2D eigenvalue weighted by Crippen LogP contribution is -2.43. The predicted octanol–water partition coefficient (Wildman–Crippen LogP) is 6.17. The van der Waals surface area contributed by atoms with E-state index >= 15 is 0 Å². The Balaban J connectivity index is 1.27. The number of nitro groups is 1. The quantitative estimate of drug-likeness (QED) is 0.130. The number of aromatic nitrogens is 2. The highest BCUT2D eigenvalue weighted by Gasteiger charge is 2.30. The molecule has 44 heavy (non-hydrogen) atoms. The molecule has 1 fully saturated rings. The number of hydrogen-bond acceptors (Lipinski definition) is 7. The third-order valence-electron chi connectivity index (χ3n) is 8.68. The van der Waals surface area contributed by atoms with Crippen LogP contribution in [0.5, 0.6) is 0 Å². The second kappa shape index (κ2) is 13.3. The van der Waals surface area contributed by atoms with E-state index < -0.39 is 4.92 Å². The van der Waals surface area contributed by atoms with Crippen LogP contribution in [0.1, 0.15) is 57.7 Å². The van der Waals surface area contributed by atoms with Crippen LogP contribution in [0.4, 0.5) is 11.5 Å². The first-order valence-electron chi connectivity index (χ1n) is 15.3. The fourth-order valence-corrected chi connectivity index (χ4v) is 6.20. The lowest BCUT2D eigenvalue weighted by atomic mass is 9.89. The van der Waals surface area contributed by atoms with E-state index in [1.807, 2.05) is 60.7 Å². The number of aryl methyl sites for hydroxylation is 1. The Morgan fingerprint density at radius 2 is 1.50 bits per heavy atom. The van der Waals surface area contributed by atoms with Gasteiger partial charge in [-0.1, -0.05) is 60.7 Å². The molecule has 1 aromatic heterocycles. The average Bonchev–Trinajstić information content (AvgIpc) is 3.09. The normalized spacial score (nSPS) is 15.4. The van der Waals surface area contributed by atoms with Gasteiger partial charge < -0.3 is 4.90 Å². The SMILES string of the molecule is O=C(c1ccccc1)C1CCN(CCN(C(=O)c2ccc([N+](=O)[O-])cc2)c2nc(-c3ccccc3)nc3c2CCCC3)CC1. The van der Waals surface area contributed by atoms with Gasteiger partial charge in [-0.3, -0.25) is 24.6 Å². The van der Waals surface area contributed by atoms with Crippen molar-refractivity contribution >= 4 is 23.2 Å². The van der Waals surface area contributed by atoms with Crippen LogP contribution in [0.25, 0.3) is 11.4 Å². The molecule has 1 aliphatic carbocycles. The number of carbonyl (C=O) groups excluding carboxylic acids is 2. The van der Waals surface area contributed by atoms with E-state index in [0.717, 1.165) is 74.0 Å². The van der Waals surface area contributed by atoms with E-state index in [-0.39, 0.29) is 23.3 Å². The van der Waals surface area contributed by atoms with Gasteiger partial charge in [0.1, 0.15) is 5.82 Å². The lowest BCUT2D eigenvalue weighted by Gasteiger charge is -2.34. The molecule has 9 heteroatoms. The first-order chi connectivity index (χ1) is 21.5. The molecule has 1 aliphatic heterocycles. The number of ketones is 1. The molecule has 0 N–H and O–H groups in total. The Morgan fingerprint density at radius 1 is 0.841 bits per heavy atom. The molecule has 6 rings (SSSR count). The number of benzene rings is 3. The number of amides is 1. The maximum absolute atomic E-state index is 14.2. The van der Waals surface area contributed by atoms with Gasteiger partial charge in [-0.05, 0) is 63.7 Å². The zero-order valence-corrected chi connectivity index (χ0v) is 24.6. The molecular weight excluding hydrogens is 554 g/mol. The van der Waals surface area contributed by atoms with Crippen molar-refractivity contribution in [1.82, 2.24) is 14.9 Å². The van der Waals surface area contributed by atoms with Crippen LogP contribution >= 0.6 is 0 Å². The highest BCUT2D eigenvalue weighted by molar-refractivity contribution is 6.06. The van der Waals surface area contributed by atoms with E-state index in [0.29, 0.717) is 30.3 Å². The van der Waals surface area contributed by atoms with Gasteiger partial charge in [-0.2, -0.15) is 0 Å². The molecule has 0 bridgehead atoms. The second-order valence-electron chi connectivity index (χ2n) is 11.5. The first-order valence-corrected chi connectivity index (χ1v) is 15.3. The molecule has 3 aromatic carbocycles. The standard InChI is InChI=1S/C35H35N5O4/c41-32(25-9-3-1-4-10-25)26-19-21-38(22-20-26)23-24-39(35(42)28-15-17-29(18-16-28)40(43)44)34-30-13-7-8-14-31(30)36-33(37-34)27-11-5-2-6-12-27/h1-6,9-12,15-18,26H,7-8,13-14,19-24H2. The number of piperidine rings is 1. The molecule has 2 heterocycles. The molecule has 0 radical (unpaired) electrons. The monoisotopic (exact) mass is 589 g/mol. The molecule has 1 saturated heterocycles. The fraction of sp³-hybridized carbons (Fsp3) is 0.314. The minimum atomic E-state index is -0.467. The van der Waals surface area contributed by atoms with Crippen molar-refractivity contribution in [2.24, 2.45) is 5.92 Å². The molecule has 224 valence electrons. The highest BCUT2D eigenvalue weighted by Crippen LogP contribution is 2.32. The van der Waals surface area contributed by atoms with Gasteiger partial charge in [-0.25, -0.2) is 9.97 Å². The number of carbonyl (C=O) groups is 2. The van der Waals surface area contributed by atoms with Crippen LogP contribution in [0.2, 0.25) is 0 Å². The molecule has 1 amide bonds. The Bertz CT molecular complexity index is 1640. The van der Waals surface area contributed by atoms with Crippen molar-refractivity contribution in [3.05, 3.63) is 117 Å². The molecule has 0 unspecified atom stereocenters. The Morgan fingerprint density at radius 3 is 2.18 bits per heavy atom. The summed E-state index contributed by atoms with van der Waals surface area (Å²) >= 11 is 0. The topological polar surface area (TPSA) is 110 Å². The summed E-state index contributed by atoms with van der Waals surface area (Å²) in [6.07, 6.45) is 5.18. The Hall–Kier alpha value is -4.76. The molecule has 9 nitrogen and oxygen atoms in total. The number of hydrogen-bond donors (Lipinski definition) is 0. The van der Waals surface area contributed by atoms with Crippen LogP contribution in [-0.2, 0) is 12.8 Å². The van der Waals surface area contributed by atoms with Gasteiger partial charge in [0.15, 0.2) is 11.6 Å². The van der Waals surface area contributed by atoms with Gasteiger partial charge in [0.05, 0.1) is 4.92 Å². The largest absolute Gasteiger partial charge is 0.302 e. The van der Waals surface area contributed by atoms with Gasteiger partial charge in [-0.15, -0.1) is 0 Å². The second-order valence-corrected chi connectivity index (χ2v) is 11.5. The third kappa shape index (κ3) is 6.43. The predicted molar refractivity (Wildman–Crippen MR) is 169 cm³/mol. The van der Waals surface area contributed by atoms with Crippen LogP contribution < -0.4 is 4.90 Å². The maximum atomic E-state index is 14.2.